The van der Waals surface area contributed by atoms with Crippen LogP contribution in [-0.2, 0) is 0 Å². The van der Waals surface area contributed by atoms with E-state index in [-0.39, 0.29) is 11.9 Å². The molecule has 0 aliphatic carbocycles. The summed E-state index contributed by atoms with van der Waals surface area (Å²) in [7, 11) is 0. The first-order valence-electron chi connectivity index (χ1n) is 11.1. The van der Waals surface area contributed by atoms with Gasteiger partial charge in [-0.3, -0.25) is 9.69 Å². The molecule has 0 saturated carbocycles. The van der Waals surface area contributed by atoms with Crippen molar-refractivity contribution in [3.8, 4) is 10.9 Å². The van der Waals surface area contributed by atoms with E-state index in [9.17, 15) is 4.79 Å². The fourth-order valence-corrected chi connectivity index (χ4v) is 4.78. The van der Waals surface area contributed by atoms with Gasteiger partial charge < -0.3 is 9.64 Å². The molecule has 3 aromatic carbocycles. The molecule has 0 N–H and O–H groups in total. The number of aromatic nitrogens is 1. The Morgan fingerprint density at radius 1 is 0.818 bits per heavy atom. The fourth-order valence-electron chi connectivity index (χ4n) is 4.28. The zero-order valence-corrected chi connectivity index (χ0v) is 19.0. The molecule has 4 aromatic rings. The van der Waals surface area contributed by atoms with E-state index in [4.69, 9.17) is 4.74 Å². The Hall–Kier alpha value is -3.48. The van der Waals surface area contributed by atoms with E-state index in [1.54, 1.807) is 6.20 Å². The summed E-state index contributed by atoms with van der Waals surface area (Å²) in [4.78, 5) is 21.6. The molecule has 33 heavy (non-hydrogen) atoms. The standard InChI is InChI=1S/C27H25N3O2S/c31-26(23-11-13-24(14-12-23)32-27-28-15-20-33-27)30-18-16-29(17-19-30)25(21-7-3-1-4-8-21)22-9-5-2-6-10-22/h1-15,20,25H,16-19H2. The second kappa shape index (κ2) is 9.98. The summed E-state index contributed by atoms with van der Waals surface area (Å²) in [6.45, 7) is 3.05. The second-order valence-electron chi connectivity index (χ2n) is 7.98. The van der Waals surface area contributed by atoms with E-state index in [0.29, 0.717) is 29.6 Å². The summed E-state index contributed by atoms with van der Waals surface area (Å²) in [6.07, 6.45) is 1.71. The molecule has 0 unspecified atom stereocenters. The van der Waals surface area contributed by atoms with Crippen molar-refractivity contribution in [1.29, 1.82) is 0 Å². The molecule has 0 spiro atoms. The topological polar surface area (TPSA) is 45.7 Å². The van der Waals surface area contributed by atoms with Gasteiger partial charge in [0.1, 0.15) is 5.75 Å². The minimum atomic E-state index is 0.0615. The summed E-state index contributed by atoms with van der Waals surface area (Å²) < 4.78 is 5.70. The molecule has 5 nitrogen and oxygen atoms in total. The number of carbonyl (C=O) groups excluding carboxylic acids is 1. The molecule has 1 aromatic heterocycles. The minimum Gasteiger partial charge on any atom is -0.431 e. The van der Waals surface area contributed by atoms with Crippen molar-refractivity contribution >= 4 is 17.2 Å². The van der Waals surface area contributed by atoms with E-state index in [2.05, 4.69) is 70.5 Å². The second-order valence-corrected chi connectivity index (χ2v) is 8.83. The molecule has 166 valence electrons. The van der Waals surface area contributed by atoms with E-state index >= 15 is 0 Å². The highest BCUT2D eigenvalue weighted by Gasteiger charge is 2.28. The molecule has 0 radical (unpaired) electrons. The molecule has 5 rings (SSSR count). The van der Waals surface area contributed by atoms with Crippen LogP contribution in [0.2, 0.25) is 0 Å². The number of rotatable bonds is 6. The van der Waals surface area contributed by atoms with Crippen LogP contribution in [0.1, 0.15) is 27.5 Å². The van der Waals surface area contributed by atoms with Crippen molar-refractivity contribution in [2.45, 2.75) is 6.04 Å². The Morgan fingerprint density at radius 2 is 1.42 bits per heavy atom. The number of hydrogen-bond acceptors (Lipinski definition) is 5. The summed E-state index contributed by atoms with van der Waals surface area (Å²) in [5.74, 6) is 0.742. The first kappa shape index (κ1) is 21.4. The highest BCUT2D eigenvalue weighted by molar-refractivity contribution is 7.11. The maximum Gasteiger partial charge on any atom is 0.278 e. The van der Waals surface area contributed by atoms with Gasteiger partial charge in [-0.25, -0.2) is 4.98 Å². The minimum absolute atomic E-state index is 0.0615. The van der Waals surface area contributed by atoms with Crippen LogP contribution in [0.4, 0.5) is 0 Å². The normalized spacial score (nSPS) is 14.4. The van der Waals surface area contributed by atoms with Crippen molar-refractivity contribution in [3.05, 3.63) is 113 Å². The largest absolute Gasteiger partial charge is 0.431 e. The Labute approximate surface area is 197 Å². The number of ether oxygens (including phenoxy) is 1. The highest BCUT2D eigenvalue weighted by atomic mass is 32.1. The SMILES string of the molecule is O=C(c1ccc(Oc2nccs2)cc1)N1CCN(C(c2ccccc2)c2ccccc2)CC1. The molecule has 1 saturated heterocycles. The predicted molar refractivity (Wildman–Crippen MR) is 131 cm³/mol. The smallest absolute Gasteiger partial charge is 0.278 e. The van der Waals surface area contributed by atoms with Gasteiger partial charge in [0.05, 0.1) is 6.04 Å². The first-order chi connectivity index (χ1) is 16.3. The molecule has 6 heteroatoms. The maximum absolute atomic E-state index is 13.1. The third-order valence-corrected chi connectivity index (χ3v) is 6.56. The van der Waals surface area contributed by atoms with Crippen molar-refractivity contribution < 1.29 is 9.53 Å². The molecule has 1 aliphatic rings. The number of nitrogens with zero attached hydrogens (tertiary/aromatic N) is 3. The van der Waals surface area contributed by atoms with Crippen LogP contribution >= 0.6 is 11.3 Å². The van der Waals surface area contributed by atoms with Crippen LogP contribution in [0.25, 0.3) is 0 Å². The third-order valence-electron chi connectivity index (χ3n) is 5.91. The average Bonchev–Trinajstić information content (AvgIpc) is 3.39. The predicted octanol–water partition coefficient (Wildman–Crippen LogP) is 5.48. The average molecular weight is 456 g/mol. The zero-order chi connectivity index (χ0) is 22.5. The lowest BCUT2D eigenvalue weighted by Gasteiger charge is -2.39. The van der Waals surface area contributed by atoms with Crippen molar-refractivity contribution in [2.75, 3.05) is 26.2 Å². The lowest BCUT2D eigenvalue weighted by molar-refractivity contribution is 0.0597. The van der Waals surface area contributed by atoms with Gasteiger partial charge in [-0.1, -0.05) is 72.0 Å². The Bertz CT molecular complexity index is 1120. The van der Waals surface area contributed by atoms with Gasteiger partial charge in [-0.05, 0) is 35.4 Å². The highest BCUT2D eigenvalue weighted by Crippen LogP contribution is 2.30. The van der Waals surface area contributed by atoms with Gasteiger partial charge >= 0.3 is 0 Å². The van der Waals surface area contributed by atoms with E-state index in [1.807, 2.05) is 34.5 Å². The van der Waals surface area contributed by atoms with E-state index in [1.165, 1.54) is 22.5 Å². The molecular weight excluding hydrogens is 430 g/mol. The number of thiazole rings is 1. The molecule has 1 fully saturated rings. The zero-order valence-electron chi connectivity index (χ0n) is 18.2. The summed E-state index contributed by atoms with van der Waals surface area (Å²) in [5.41, 5.74) is 3.23. The van der Waals surface area contributed by atoms with Crippen molar-refractivity contribution in [1.82, 2.24) is 14.8 Å². The number of piperazine rings is 1. The molecule has 1 aliphatic heterocycles. The fraction of sp³-hybridized carbons (Fsp3) is 0.185. The van der Waals surface area contributed by atoms with E-state index in [0.717, 1.165) is 13.1 Å². The Kier molecular flexibility index (Phi) is 6.46. The van der Waals surface area contributed by atoms with Gasteiger partial charge in [0.15, 0.2) is 0 Å². The van der Waals surface area contributed by atoms with Gasteiger partial charge in [0.25, 0.3) is 11.1 Å². The lowest BCUT2D eigenvalue weighted by Crippen LogP contribution is -2.49. The van der Waals surface area contributed by atoms with Gasteiger partial charge in [-0.15, -0.1) is 0 Å². The third kappa shape index (κ3) is 4.97. The number of carbonyl (C=O) groups is 1. The van der Waals surface area contributed by atoms with E-state index < -0.39 is 0 Å². The Morgan fingerprint density at radius 3 is 1.97 bits per heavy atom. The van der Waals surface area contributed by atoms with Crippen LogP contribution in [0.15, 0.2) is 96.5 Å². The summed E-state index contributed by atoms with van der Waals surface area (Å²) in [6, 6.07) is 28.7. The van der Waals surface area contributed by atoms with Crippen LogP contribution < -0.4 is 4.74 Å². The van der Waals surface area contributed by atoms with Crippen molar-refractivity contribution in [2.24, 2.45) is 0 Å². The quantitative estimate of drug-likeness (QED) is 0.386. The first-order valence-corrected chi connectivity index (χ1v) is 12.0. The van der Waals surface area contributed by atoms with Crippen LogP contribution in [0.5, 0.6) is 10.9 Å². The molecule has 0 bridgehead atoms. The maximum atomic E-state index is 13.1. The molecule has 1 amide bonds. The van der Waals surface area contributed by atoms with Gasteiger partial charge in [0, 0.05) is 43.3 Å². The van der Waals surface area contributed by atoms with Crippen LogP contribution in [-0.4, -0.2) is 46.9 Å². The summed E-state index contributed by atoms with van der Waals surface area (Å²) in [5, 5.41) is 2.46. The monoisotopic (exact) mass is 455 g/mol. The van der Waals surface area contributed by atoms with Crippen molar-refractivity contribution in [3.63, 3.8) is 0 Å². The molecule has 2 heterocycles. The molecule has 0 atom stereocenters. The number of hydrogen-bond donors (Lipinski definition) is 0. The Balaban J connectivity index is 1.25. The lowest BCUT2D eigenvalue weighted by atomic mass is 9.96. The van der Waals surface area contributed by atoms with Gasteiger partial charge in [0.2, 0.25) is 0 Å². The van der Waals surface area contributed by atoms with Crippen LogP contribution in [0.3, 0.4) is 0 Å². The van der Waals surface area contributed by atoms with Crippen LogP contribution in [0, 0.1) is 0 Å². The molecular formula is C27H25N3O2S. The number of amides is 1. The number of benzene rings is 3. The summed E-state index contributed by atoms with van der Waals surface area (Å²) >= 11 is 1.44. The van der Waals surface area contributed by atoms with Gasteiger partial charge in [-0.2, -0.15) is 0 Å².